The van der Waals surface area contributed by atoms with Crippen LogP contribution in [0.5, 0.6) is 0 Å². The monoisotopic (exact) mass is 279 g/mol. The Morgan fingerprint density at radius 2 is 2.14 bits per heavy atom. The van der Waals surface area contributed by atoms with Crippen LogP contribution in [0.15, 0.2) is 28.7 Å². The summed E-state index contributed by atoms with van der Waals surface area (Å²) in [6.45, 7) is 1.47. The Bertz CT molecular complexity index is 341. The van der Waals surface area contributed by atoms with Gasteiger partial charge in [-0.2, -0.15) is 0 Å². The zero-order valence-corrected chi connectivity index (χ0v) is 9.93. The molecular weight excluding hydrogens is 269 g/mol. The molecular formula is C9H11BrClNO2. The summed E-state index contributed by atoms with van der Waals surface area (Å²) in [5, 5.41) is 8.85. The number of halogens is 2. The van der Waals surface area contributed by atoms with Crippen LogP contribution in [0.1, 0.15) is 12.5 Å². The van der Waals surface area contributed by atoms with Gasteiger partial charge in [-0.25, -0.2) is 4.79 Å². The first-order valence-electron chi connectivity index (χ1n) is 3.73. The number of aliphatic carboxylic acids is 1. The molecule has 78 valence electrons. The summed E-state index contributed by atoms with van der Waals surface area (Å²) in [7, 11) is 0. The minimum absolute atomic E-state index is 0. The molecule has 0 aliphatic rings. The molecule has 0 aliphatic carbocycles. The van der Waals surface area contributed by atoms with Crippen LogP contribution in [0.4, 0.5) is 0 Å². The fraction of sp³-hybridized carbons (Fsp3) is 0.222. The van der Waals surface area contributed by atoms with E-state index in [-0.39, 0.29) is 12.4 Å². The first-order chi connectivity index (χ1) is 5.94. The van der Waals surface area contributed by atoms with Crippen molar-refractivity contribution in [1.29, 1.82) is 0 Å². The van der Waals surface area contributed by atoms with Crippen LogP contribution in [-0.4, -0.2) is 11.1 Å². The van der Waals surface area contributed by atoms with E-state index in [0.717, 1.165) is 4.47 Å². The van der Waals surface area contributed by atoms with Gasteiger partial charge in [-0.1, -0.05) is 28.1 Å². The molecule has 1 unspecified atom stereocenters. The summed E-state index contributed by atoms with van der Waals surface area (Å²) in [6.07, 6.45) is 0. The topological polar surface area (TPSA) is 63.3 Å². The lowest BCUT2D eigenvalue weighted by molar-refractivity contribution is -0.143. The fourth-order valence-electron chi connectivity index (χ4n) is 0.935. The van der Waals surface area contributed by atoms with Gasteiger partial charge < -0.3 is 10.8 Å². The maximum Gasteiger partial charge on any atom is 0.328 e. The smallest absolute Gasteiger partial charge is 0.328 e. The van der Waals surface area contributed by atoms with Crippen molar-refractivity contribution in [2.75, 3.05) is 0 Å². The Labute approximate surface area is 96.8 Å². The average molecular weight is 281 g/mol. The average Bonchev–Trinajstić information content (AvgIpc) is 2.04. The zero-order chi connectivity index (χ0) is 10.1. The van der Waals surface area contributed by atoms with Gasteiger partial charge in [0.15, 0.2) is 0 Å². The van der Waals surface area contributed by atoms with Gasteiger partial charge in [-0.15, -0.1) is 12.4 Å². The van der Waals surface area contributed by atoms with Gasteiger partial charge in [0.2, 0.25) is 0 Å². The standard InChI is InChI=1S/C9H10BrNO2.ClH/c1-9(11,8(12)13)6-3-2-4-7(10)5-6;/h2-5H,11H2,1H3,(H,12,13);1H. The summed E-state index contributed by atoms with van der Waals surface area (Å²) in [5.74, 6) is -1.04. The molecule has 0 aromatic heterocycles. The molecule has 0 heterocycles. The molecule has 0 bridgehead atoms. The molecule has 3 nitrogen and oxygen atoms in total. The SMILES string of the molecule is CC(N)(C(=O)O)c1cccc(Br)c1.Cl. The predicted molar refractivity (Wildman–Crippen MR) is 60.6 cm³/mol. The summed E-state index contributed by atoms with van der Waals surface area (Å²) >= 11 is 3.26. The molecule has 1 rings (SSSR count). The van der Waals surface area contributed by atoms with Crippen molar-refractivity contribution >= 4 is 34.3 Å². The van der Waals surface area contributed by atoms with Crippen molar-refractivity contribution in [2.45, 2.75) is 12.5 Å². The number of hydrogen-bond donors (Lipinski definition) is 2. The van der Waals surface area contributed by atoms with Crippen LogP contribution in [0.3, 0.4) is 0 Å². The summed E-state index contributed by atoms with van der Waals surface area (Å²) in [6, 6.07) is 6.97. The van der Waals surface area contributed by atoms with Gasteiger partial charge >= 0.3 is 5.97 Å². The number of benzene rings is 1. The van der Waals surface area contributed by atoms with E-state index in [2.05, 4.69) is 15.9 Å². The van der Waals surface area contributed by atoms with E-state index in [9.17, 15) is 4.79 Å². The molecule has 0 amide bonds. The second kappa shape index (κ2) is 4.77. The number of nitrogens with two attached hydrogens (primary N) is 1. The molecule has 1 aromatic carbocycles. The van der Waals surface area contributed by atoms with Gasteiger partial charge in [0.25, 0.3) is 0 Å². The van der Waals surface area contributed by atoms with Crippen LogP contribution < -0.4 is 5.73 Å². The number of hydrogen-bond acceptors (Lipinski definition) is 2. The van der Waals surface area contributed by atoms with Crippen LogP contribution in [0.2, 0.25) is 0 Å². The highest BCUT2D eigenvalue weighted by molar-refractivity contribution is 9.10. The quantitative estimate of drug-likeness (QED) is 0.872. The Kier molecular flexibility index (Phi) is 4.58. The van der Waals surface area contributed by atoms with Gasteiger partial charge in [0.05, 0.1) is 0 Å². The third-order valence-corrected chi connectivity index (χ3v) is 2.36. The molecule has 0 aliphatic heterocycles. The highest BCUT2D eigenvalue weighted by Gasteiger charge is 2.29. The molecule has 1 aromatic rings. The second-order valence-electron chi connectivity index (χ2n) is 3.02. The van der Waals surface area contributed by atoms with Crippen molar-refractivity contribution in [3.05, 3.63) is 34.3 Å². The summed E-state index contributed by atoms with van der Waals surface area (Å²) in [4.78, 5) is 10.8. The highest BCUT2D eigenvalue weighted by Crippen LogP contribution is 2.21. The second-order valence-corrected chi connectivity index (χ2v) is 3.93. The molecule has 3 N–H and O–H groups in total. The van der Waals surface area contributed by atoms with E-state index in [1.165, 1.54) is 6.92 Å². The largest absolute Gasteiger partial charge is 0.480 e. The van der Waals surface area contributed by atoms with Gasteiger partial charge in [0.1, 0.15) is 5.54 Å². The predicted octanol–water partition coefficient (Wildman–Crippen LogP) is 2.13. The van der Waals surface area contributed by atoms with Crippen molar-refractivity contribution in [3.63, 3.8) is 0 Å². The first-order valence-corrected chi connectivity index (χ1v) is 4.52. The minimum atomic E-state index is -1.33. The summed E-state index contributed by atoms with van der Waals surface area (Å²) in [5.41, 5.74) is 4.88. The third kappa shape index (κ3) is 2.70. The van der Waals surface area contributed by atoms with Crippen molar-refractivity contribution in [3.8, 4) is 0 Å². The Morgan fingerprint density at radius 1 is 1.57 bits per heavy atom. The number of rotatable bonds is 2. The van der Waals surface area contributed by atoms with Crippen molar-refractivity contribution in [2.24, 2.45) is 5.73 Å². The lowest BCUT2D eigenvalue weighted by Gasteiger charge is -2.19. The van der Waals surface area contributed by atoms with Crippen LogP contribution >= 0.6 is 28.3 Å². The van der Waals surface area contributed by atoms with Crippen LogP contribution in [-0.2, 0) is 10.3 Å². The molecule has 0 saturated heterocycles. The minimum Gasteiger partial charge on any atom is -0.480 e. The van der Waals surface area contributed by atoms with E-state index in [4.69, 9.17) is 10.8 Å². The highest BCUT2D eigenvalue weighted by atomic mass is 79.9. The molecule has 0 fully saturated rings. The van der Waals surface area contributed by atoms with E-state index >= 15 is 0 Å². The third-order valence-electron chi connectivity index (χ3n) is 1.87. The van der Waals surface area contributed by atoms with Crippen molar-refractivity contribution < 1.29 is 9.90 Å². The van der Waals surface area contributed by atoms with E-state index in [1.807, 2.05) is 6.07 Å². The molecule has 1 atom stereocenters. The Morgan fingerprint density at radius 3 is 2.57 bits per heavy atom. The molecule has 0 radical (unpaired) electrons. The lowest BCUT2D eigenvalue weighted by Crippen LogP contribution is -2.41. The van der Waals surface area contributed by atoms with E-state index in [1.54, 1.807) is 18.2 Å². The van der Waals surface area contributed by atoms with Gasteiger partial charge in [0, 0.05) is 4.47 Å². The molecule has 5 heteroatoms. The lowest BCUT2D eigenvalue weighted by atomic mass is 9.94. The van der Waals surface area contributed by atoms with E-state index < -0.39 is 11.5 Å². The maximum atomic E-state index is 10.8. The van der Waals surface area contributed by atoms with Crippen LogP contribution in [0.25, 0.3) is 0 Å². The van der Waals surface area contributed by atoms with Crippen molar-refractivity contribution in [1.82, 2.24) is 0 Å². The summed E-state index contributed by atoms with van der Waals surface area (Å²) < 4.78 is 0.822. The number of carboxylic acids is 1. The fourth-order valence-corrected chi connectivity index (χ4v) is 1.33. The van der Waals surface area contributed by atoms with Crippen LogP contribution in [0, 0.1) is 0 Å². The number of carboxylic acid groups (broad SMARTS) is 1. The van der Waals surface area contributed by atoms with Gasteiger partial charge in [-0.05, 0) is 24.6 Å². The normalized spacial score (nSPS) is 13.9. The maximum absolute atomic E-state index is 10.8. The Balaban J connectivity index is 0.00000169. The number of carbonyl (C=O) groups is 1. The molecule has 0 spiro atoms. The molecule has 0 saturated carbocycles. The first kappa shape index (κ1) is 13.4. The van der Waals surface area contributed by atoms with E-state index in [0.29, 0.717) is 5.56 Å². The zero-order valence-electron chi connectivity index (χ0n) is 7.53. The Hall–Kier alpha value is -0.580. The molecule has 14 heavy (non-hydrogen) atoms. The van der Waals surface area contributed by atoms with Gasteiger partial charge in [-0.3, -0.25) is 0 Å².